The van der Waals surface area contributed by atoms with Gasteiger partial charge < -0.3 is 9.88 Å². The zero-order valence-electron chi connectivity index (χ0n) is 13.8. The number of rotatable bonds is 3. The molecule has 0 radical (unpaired) electrons. The zero-order valence-corrected chi connectivity index (χ0v) is 13.8. The van der Waals surface area contributed by atoms with E-state index in [1.807, 2.05) is 4.90 Å². The summed E-state index contributed by atoms with van der Waals surface area (Å²) in [5, 5.41) is 0. The molecule has 24 heavy (non-hydrogen) atoms. The molecule has 0 aromatic carbocycles. The highest BCUT2D eigenvalue weighted by molar-refractivity contribution is 5.79. The highest BCUT2D eigenvalue weighted by atomic mass is 16.2. The molecule has 1 saturated heterocycles. The number of nitrogens with one attached hydrogen (secondary N) is 1. The number of aromatic nitrogens is 4. The number of carbonyl (C=O) groups excluding carboxylic acids is 1. The molecule has 126 valence electrons. The minimum atomic E-state index is 0.0811. The van der Waals surface area contributed by atoms with Crippen LogP contribution in [0.5, 0.6) is 0 Å². The van der Waals surface area contributed by atoms with Crippen molar-refractivity contribution >= 4 is 5.91 Å². The molecule has 1 aliphatic carbocycles. The third-order valence-electron chi connectivity index (χ3n) is 5.24. The van der Waals surface area contributed by atoms with Crippen LogP contribution in [0.1, 0.15) is 56.7 Å². The molecule has 2 aromatic heterocycles. The van der Waals surface area contributed by atoms with Crippen LogP contribution in [0.25, 0.3) is 11.5 Å². The fraction of sp³-hybridized carbons (Fsp3) is 0.556. The summed E-state index contributed by atoms with van der Waals surface area (Å²) < 4.78 is 0. The molecule has 1 N–H and O–H groups in total. The molecule has 1 aliphatic heterocycles. The van der Waals surface area contributed by atoms with E-state index in [1.165, 1.54) is 19.3 Å². The molecule has 1 amide bonds. The minimum absolute atomic E-state index is 0.0811. The average molecular weight is 325 g/mol. The molecule has 6 heteroatoms. The summed E-state index contributed by atoms with van der Waals surface area (Å²) in [6, 6.07) is 0.0811. The van der Waals surface area contributed by atoms with E-state index >= 15 is 0 Å². The second kappa shape index (κ2) is 6.71. The number of hydrogen-bond acceptors (Lipinski definition) is 4. The van der Waals surface area contributed by atoms with Gasteiger partial charge in [0.15, 0.2) is 5.82 Å². The van der Waals surface area contributed by atoms with Crippen molar-refractivity contribution in [2.24, 2.45) is 5.92 Å². The molecule has 6 nitrogen and oxygen atoms in total. The van der Waals surface area contributed by atoms with Crippen LogP contribution in [0.3, 0.4) is 0 Å². The smallest absolute Gasteiger partial charge is 0.226 e. The maximum Gasteiger partial charge on any atom is 0.226 e. The molecular weight excluding hydrogens is 302 g/mol. The van der Waals surface area contributed by atoms with Crippen molar-refractivity contribution in [3.8, 4) is 11.5 Å². The van der Waals surface area contributed by atoms with Gasteiger partial charge in [-0.15, -0.1) is 0 Å². The number of carbonyl (C=O) groups is 1. The van der Waals surface area contributed by atoms with Crippen LogP contribution in [0, 0.1) is 5.92 Å². The number of imidazole rings is 1. The summed E-state index contributed by atoms with van der Waals surface area (Å²) >= 11 is 0. The number of H-pyrrole nitrogens is 1. The summed E-state index contributed by atoms with van der Waals surface area (Å²) in [7, 11) is 0. The van der Waals surface area contributed by atoms with Gasteiger partial charge in [0.25, 0.3) is 0 Å². The first-order valence-corrected chi connectivity index (χ1v) is 8.95. The van der Waals surface area contributed by atoms with E-state index in [1.54, 1.807) is 24.8 Å². The molecule has 0 bridgehead atoms. The molecule has 0 unspecified atom stereocenters. The lowest BCUT2D eigenvalue weighted by Gasteiger charge is -2.30. The van der Waals surface area contributed by atoms with Crippen LogP contribution in [0.2, 0.25) is 0 Å². The Labute approximate surface area is 141 Å². The first kappa shape index (κ1) is 15.3. The Morgan fingerprint density at radius 3 is 2.62 bits per heavy atom. The van der Waals surface area contributed by atoms with Crippen molar-refractivity contribution in [1.82, 2.24) is 24.8 Å². The second-order valence-corrected chi connectivity index (χ2v) is 6.79. The third kappa shape index (κ3) is 2.92. The van der Waals surface area contributed by atoms with Crippen molar-refractivity contribution in [3.63, 3.8) is 0 Å². The number of amides is 1. The van der Waals surface area contributed by atoms with Gasteiger partial charge in [0, 0.05) is 24.9 Å². The summed E-state index contributed by atoms with van der Waals surface area (Å²) in [6.07, 6.45) is 14.8. The summed E-state index contributed by atoms with van der Waals surface area (Å²) in [5.74, 6) is 1.26. The Morgan fingerprint density at radius 1 is 1.04 bits per heavy atom. The van der Waals surface area contributed by atoms with E-state index in [2.05, 4.69) is 19.9 Å². The maximum atomic E-state index is 12.9. The van der Waals surface area contributed by atoms with E-state index in [-0.39, 0.29) is 12.0 Å². The summed E-state index contributed by atoms with van der Waals surface area (Å²) in [6.45, 7) is 0.849. The molecule has 1 atom stereocenters. The molecule has 0 spiro atoms. The van der Waals surface area contributed by atoms with Gasteiger partial charge in [0.1, 0.15) is 5.69 Å². The second-order valence-electron chi connectivity index (χ2n) is 6.79. The summed E-state index contributed by atoms with van der Waals surface area (Å²) in [5.41, 5.74) is 1.62. The van der Waals surface area contributed by atoms with Crippen LogP contribution in [-0.4, -0.2) is 37.3 Å². The zero-order chi connectivity index (χ0) is 16.4. The van der Waals surface area contributed by atoms with Crippen molar-refractivity contribution in [2.45, 2.75) is 51.0 Å². The van der Waals surface area contributed by atoms with Crippen molar-refractivity contribution in [1.29, 1.82) is 0 Å². The summed E-state index contributed by atoms with van der Waals surface area (Å²) in [4.78, 5) is 31.2. The van der Waals surface area contributed by atoms with Crippen LogP contribution in [0.15, 0.2) is 24.8 Å². The standard InChI is InChI=1S/C18H23N5O/c24-18(13-5-2-1-3-6-13)23-10-4-7-16(23)14-11-22-15(12-21-14)17-19-8-9-20-17/h8-9,11-13,16H,1-7,10H2,(H,19,20)/t16-/m0/s1. The molecule has 1 saturated carbocycles. The quantitative estimate of drug-likeness (QED) is 0.941. The monoisotopic (exact) mass is 325 g/mol. The van der Waals surface area contributed by atoms with E-state index < -0.39 is 0 Å². The van der Waals surface area contributed by atoms with Gasteiger partial charge in [-0.05, 0) is 25.7 Å². The van der Waals surface area contributed by atoms with Crippen LogP contribution >= 0.6 is 0 Å². The van der Waals surface area contributed by atoms with Crippen LogP contribution < -0.4 is 0 Å². The van der Waals surface area contributed by atoms with Gasteiger partial charge in [0.05, 0.1) is 24.1 Å². The molecule has 3 heterocycles. The number of likely N-dealkylation sites (tertiary alicyclic amines) is 1. The lowest BCUT2D eigenvalue weighted by atomic mass is 9.88. The third-order valence-corrected chi connectivity index (χ3v) is 5.24. The Balaban J connectivity index is 1.51. The SMILES string of the molecule is O=C(C1CCCCC1)N1CCC[C@H]1c1cnc(-c2ncc[nH]2)cn1. The molecule has 2 aromatic rings. The Morgan fingerprint density at radius 2 is 1.92 bits per heavy atom. The van der Waals surface area contributed by atoms with Gasteiger partial charge in [-0.2, -0.15) is 0 Å². The number of aromatic amines is 1. The van der Waals surface area contributed by atoms with Crippen LogP contribution in [0.4, 0.5) is 0 Å². The van der Waals surface area contributed by atoms with Crippen molar-refractivity contribution < 1.29 is 4.79 Å². The lowest BCUT2D eigenvalue weighted by Crippen LogP contribution is -2.36. The molecular formula is C18H23N5O. The van der Waals surface area contributed by atoms with Gasteiger partial charge in [0.2, 0.25) is 5.91 Å². The minimum Gasteiger partial charge on any atom is -0.343 e. The maximum absolute atomic E-state index is 12.9. The highest BCUT2D eigenvalue weighted by Gasteiger charge is 2.35. The lowest BCUT2D eigenvalue weighted by molar-refractivity contribution is -0.137. The van der Waals surface area contributed by atoms with Crippen LogP contribution in [-0.2, 0) is 4.79 Å². The highest BCUT2D eigenvalue weighted by Crippen LogP contribution is 2.35. The van der Waals surface area contributed by atoms with Gasteiger partial charge in [-0.25, -0.2) is 9.97 Å². The van der Waals surface area contributed by atoms with Crippen molar-refractivity contribution in [2.75, 3.05) is 6.54 Å². The Bertz CT molecular complexity index is 676. The largest absolute Gasteiger partial charge is 0.343 e. The molecule has 2 aliphatic rings. The topological polar surface area (TPSA) is 74.8 Å². The molecule has 2 fully saturated rings. The van der Waals surface area contributed by atoms with E-state index in [0.29, 0.717) is 5.91 Å². The Kier molecular flexibility index (Phi) is 4.28. The van der Waals surface area contributed by atoms with Gasteiger partial charge >= 0.3 is 0 Å². The fourth-order valence-corrected chi connectivity index (χ4v) is 3.96. The predicted molar refractivity (Wildman–Crippen MR) is 89.9 cm³/mol. The van der Waals surface area contributed by atoms with E-state index in [9.17, 15) is 4.79 Å². The normalized spacial score (nSPS) is 22.0. The van der Waals surface area contributed by atoms with E-state index in [4.69, 9.17) is 0 Å². The molecule has 4 rings (SSSR count). The Hall–Kier alpha value is -2.24. The number of nitrogens with zero attached hydrogens (tertiary/aromatic N) is 4. The first-order chi connectivity index (χ1) is 11.8. The fourth-order valence-electron chi connectivity index (χ4n) is 3.96. The number of hydrogen-bond donors (Lipinski definition) is 1. The average Bonchev–Trinajstić information content (AvgIpc) is 3.34. The van der Waals surface area contributed by atoms with Gasteiger partial charge in [-0.1, -0.05) is 19.3 Å². The van der Waals surface area contributed by atoms with E-state index in [0.717, 1.165) is 49.4 Å². The van der Waals surface area contributed by atoms with Crippen molar-refractivity contribution in [3.05, 3.63) is 30.5 Å². The van der Waals surface area contributed by atoms with Gasteiger partial charge in [-0.3, -0.25) is 9.78 Å². The first-order valence-electron chi connectivity index (χ1n) is 8.95. The predicted octanol–water partition coefficient (Wildman–Crippen LogP) is 3.11.